The number of aliphatic hydroxyl groups excluding tert-OH is 2. The van der Waals surface area contributed by atoms with Crippen LogP contribution < -0.4 is 5.32 Å². The van der Waals surface area contributed by atoms with E-state index in [4.69, 9.17) is 5.26 Å². The van der Waals surface area contributed by atoms with Crippen LogP contribution in [0.15, 0.2) is 24.3 Å². The molecule has 0 bridgehead atoms. The first kappa shape index (κ1) is 26.8. The highest BCUT2D eigenvalue weighted by Crippen LogP contribution is 2.50. The third-order valence-electron chi connectivity index (χ3n) is 7.54. The summed E-state index contributed by atoms with van der Waals surface area (Å²) in [5.74, 6) is -0.826. The topological polar surface area (TPSA) is 166 Å². The number of amides is 2. The maximum Gasteiger partial charge on any atom is 0.272 e. The number of nitriles is 1. The molecule has 1 aromatic heterocycles. The third kappa shape index (κ3) is 4.52. The van der Waals surface area contributed by atoms with Crippen molar-refractivity contribution in [2.45, 2.75) is 55.3 Å². The highest BCUT2D eigenvalue weighted by atomic mass is 32.2. The number of carbonyl (C=O) groups is 2. The van der Waals surface area contributed by atoms with Gasteiger partial charge < -0.3 is 20.4 Å². The minimum atomic E-state index is -3.90. The summed E-state index contributed by atoms with van der Waals surface area (Å²) in [7, 11) is -2.33. The van der Waals surface area contributed by atoms with E-state index in [2.05, 4.69) is 10.4 Å². The average Bonchev–Trinajstić information content (AvgIpc) is 3.60. The van der Waals surface area contributed by atoms with Crippen LogP contribution in [0.5, 0.6) is 0 Å². The van der Waals surface area contributed by atoms with Gasteiger partial charge in [-0.05, 0) is 50.8 Å². The number of carbonyl (C=O) groups excluding carboxylic acids is 2. The van der Waals surface area contributed by atoms with Gasteiger partial charge in [0, 0.05) is 32.2 Å². The number of hydrogen-bond donors (Lipinski definition) is 3. The lowest BCUT2D eigenvalue weighted by atomic mass is 10.0. The van der Waals surface area contributed by atoms with Gasteiger partial charge in [0.05, 0.1) is 33.8 Å². The lowest BCUT2D eigenvalue weighted by molar-refractivity contribution is 0.0673. The predicted molar refractivity (Wildman–Crippen MR) is 133 cm³/mol. The second-order valence-electron chi connectivity index (χ2n) is 10.3. The Balaban J connectivity index is 1.50. The first-order valence-corrected chi connectivity index (χ1v) is 13.5. The number of sulfone groups is 1. The molecule has 1 aliphatic heterocycles. The Hall–Kier alpha value is -3.27. The number of nitrogens with zero attached hydrogens (tertiary/aromatic N) is 4. The van der Waals surface area contributed by atoms with Gasteiger partial charge in [-0.2, -0.15) is 10.4 Å². The molecule has 3 N–H and O–H groups in total. The maximum absolute atomic E-state index is 13.5. The fourth-order valence-electron chi connectivity index (χ4n) is 4.82. The third-order valence-corrected chi connectivity index (χ3v) is 10.9. The number of rotatable bonds is 9. The SMILES string of the molecule is Cn1nc(C(=O)NCc2ccc(C#N)cc2)c2c1C(=O)N(CC1(S(=O)(=O)C(C)(C)[C@@H](O)CO)CC1)CC2. The molecule has 1 aliphatic carbocycles. The van der Waals surface area contributed by atoms with Crippen molar-refractivity contribution in [3.63, 3.8) is 0 Å². The second-order valence-corrected chi connectivity index (χ2v) is 13.2. The average molecular weight is 530 g/mol. The van der Waals surface area contributed by atoms with E-state index in [0.29, 0.717) is 30.4 Å². The molecule has 0 unspecified atom stereocenters. The van der Waals surface area contributed by atoms with Crippen molar-refractivity contribution in [2.75, 3.05) is 19.7 Å². The fourth-order valence-corrected chi connectivity index (χ4v) is 7.34. The van der Waals surface area contributed by atoms with Crippen molar-refractivity contribution >= 4 is 21.7 Å². The largest absolute Gasteiger partial charge is 0.394 e. The molecule has 2 amide bonds. The van der Waals surface area contributed by atoms with Gasteiger partial charge >= 0.3 is 0 Å². The van der Waals surface area contributed by atoms with Crippen LogP contribution in [-0.4, -0.2) is 80.4 Å². The molecule has 198 valence electrons. The molecule has 0 spiro atoms. The predicted octanol–water partition coefficient (Wildman–Crippen LogP) is 0.299. The van der Waals surface area contributed by atoms with E-state index < -0.39 is 43.9 Å². The van der Waals surface area contributed by atoms with E-state index in [1.165, 1.54) is 23.4 Å². The summed E-state index contributed by atoms with van der Waals surface area (Å²) in [5.41, 5.74) is 2.25. The molecule has 4 rings (SSSR count). The van der Waals surface area contributed by atoms with Crippen LogP contribution in [0, 0.1) is 11.3 Å². The van der Waals surface area contributed by atoms with Crippen LogP contribution in [0.2, 0.25) is 0 Å². The normalized spacial score (nSPS) is 17.6. The Morgan fingerprint density at radius 3 is 2.51 bits per heavy atom. The van der Waals surface area contributed by atoms with Crippen LogP contribution in [0.1, 0.15) is 64.4 Å². The number of nitrogens with one attached hydrogen (secondary N) is 1. The second kappa shape index (κ2) is 9.55. The molecular formula is C25H31N5O6S. The van der Waals surface area contributed by atoms with E-state index in [9.17, 15) is 28.2 Å². The molecule has 1 aromatic carbocycles. The van der Waals surface area contributed by atoms with Crippen molar-refractivity contribution in [3.05, 3.63) is 52.3 Å². The van der Waals surface area contributed by atoms with Gasteiger partial charge in [-0.3, -0.25) is 14.3 Å². The number of fused-ring (bicyclic) bond motifs is 1. The number of benzene rings is 1. The molecule has 11 nitrogen and oxygen atoms in total. The highest BCUT2D eigenvalue weighted by molar-refractivity contribution is 7.94. The molecule has 37 heavy (non-hydrogen) atoms. The van der Waals surface area contributed by atoms with E-state index in [-0.39, 0.29) is 31.0 Å². The summed E-state index contributed by atoms with van der Waals surface area (Å²) in [6, 6.07) is 8.86. The molecule has 2 heterocycles. The minimum Gasteiger partial charge on any atom is -0.394 e. The Labute approximate surface area is 215 Å². The van der Waals surface area contributed by atoms with Crippen LogP contribution in [0.25, 0.3) is 0 Å². The van der Waals surface area contributed by atoms with E-state index >= 15 is 0 Å². The van der Waals surface area contributed by atoms with Crippen molar-refractivity contribution in [1.29, 1.82) is 5.26 Å². The fraction of sp³-hybridized carbons (Fsp3) is 0.520. The zero-order valence-electron chi connectivity index (χ0n) is 21.1. The van der Waals surface area contributed by atoms with Gasteiger partial charge in [0.1, 0.15) is 5.69 Å². The van der Waals surface area contributed by atoms with Crippen LogP contribution in [-0.2, 0) is 29.9 Å². The molecule has 2 aliphatic rings. The minimum absolute atomic E-state index is 0.0272. The van der Waals surface area contributed by atoms with E-state index in [1.807, 2.05) is 6.07 Å². The Kier molecular flexibility index (Phi) is 6.92. The highest BCUT2D eigenvalue weighted by Gasteiger charge is 2.62. The molecule has 2 aromatic rings. The van der Waals surface area contributed by atoms with Gasteiger partial charge in [0.15, 0.2) is 15.5 Å². The van der Waals surface area contributed by atoms with Gasteiger partial charge in [-0.15, -0.1) is 0 Å². The van der Waals surface area contributed by atoms with Gasteiger partial charge in [0.2, 0.25) is 0 Å². The van der Waals surface area contributed by atoms with Crippen molar-refractivity contribution in [3.8, 4) is 6.07 Å². The van der Waals surface area contributed by atoms with Gasteiger partial charge in [0.25, 0.3) is 11.8 Å². The molecule has 1 atom stereocenters. The van der Waals surface area contributed by atoms with Crippen LogP contribution >= 0.6 is 0 Å². The summed E-state index contributed by atoms with van der Waals surface area (Å²) in [6.07, 6.45) is -0.377. The zero-order valence-corrected chi connectivity index (χ0v) is 21.9. The number of aryl methyl sites for hydroxylation is 1. The zero-order chi connectivity index (χ0) is 27.2. The maximum atomic E-state index is 13.5. The van der Waals surface area contributed by atoms with Crippen LogP contribution in [0.3, 0.4) is 0 Å². The molecule has 0 saturated heterocycles. The molecular weight excluding hydrogens is 498 g/mol. The smallest absolute Gasteiger partial charge is 0.272 e. The monoisotopic (exact) mass is 529 g/mol. The summed E-state index contributed by atoms with van der Waals surface area (Å²) >= 11 is 0. The molecule has 12 heteroatoms. The van der Waals surface area contributed by atoms with Gasteiger partial charge in [-0.1, -0.05) is 12.1 Å². The van der Waals surface area contributed by atoms with E-state index in [0.717, 1.165) is 5.56 Å². The Morgan fingerprint density at radius 2 is 1.95 bits per heavy atom. The molecule has 1 saturated carbocycles. The van der Waals surface area contributed by atoms with Crippen molar-refractivity contribution in [2.24, 2.45) is 7.05 Å². The lowest BCUT2D eigenvalue weighted by Crippen LogP contribution is -2.55. The Bertz CT molecular complexity index is 1370. The molecule has 0 radical (unpaired) electrons. The van der Waals surface area contributed by atoms with Gasteiger partial charge in [-0.25, -0.2) is 8.42 Å². The van der Waals surface area contributed by atoms with Crippen LogP contribution in [0.4, 0.5) is 0 Å². The standard InChI is InChI=1S/C25H31N5O6S/c1-24(2,19(32)14-31)37(35,36)25(9-10-25)15-30-11-8-18-20(28-29(3)21(18)23(30)34)22(33)27-13-17-6-4-16(12-26)5-7-17/h4-7,19,31-32H,8-11,13-15H2,1-3H3,(H,27,33)/t19-/m0/s1. The first-order chi connectivity index (χ1) is 17.4. The number of hydrogen-bond acceptors (Lipinski definition) is 8. The Morgan fingerprint density at radius 1 is 1.30 bits per heavy atom. The summed E-state index contributed by atoms with van der Waals surface area (Å²) in [4.78, 5) is 27.8. The molecule has 1 fully saturated rings. The lowest BCUT2D eigenvalue weighted by Gasteiger charge is -2.36. The number of aliphatic hydroxyl groups is 2. The summed E-state index contributed by atoms with van der Waals surface area (Å²) in [5, 5.41) is 35.5. The summed E-state index contributed by atoms with van der Waals surface area (Å²) in [6.45, 7) is 2.53. The summed E-state index contributed by atoms with van der Waals surface area (Å²) < 4.78 is 25.5. The van der Waals surface area contributed by atoms with Crippen molar-refractivity contribution < 1.29 is 28.2 Å². The van der Waals surface area contributed by atoms with E-state index in [1.54, 1.807) is 31.3 Å². The first-order valence-electron chi connectivity index (χ1n) is 12.0. The van der Waals surface area contributed by atoms with Crippen molar-refractivity contribution in [1.82, 2.24) is 20.0 Å². The quantitative estimate of drug-likeness (QED) is 0.417. The number of aromatic nitrogens is 2.